The van der Waals surface area contributed by atoms with Crippen LogP contribution in [0.2, 0.25) is 10.0 Å². The standard InChI is InChI=1S/C13H11Cl2N5O2/c14-7-3-6-9(4-8(7)15)17-10(21)13(6)1-2-20(5-13)12-19-18-11(16)22-12/h3-4H,1-2,5H2,(H2,16,18)(H,17,21)/t13-/m1/s1. The third kappa shape index (κ3) is 1.79. The molecule has 1 aromatic heterocycles. The van der Waals surface area contributed by atoms with Gasteiger partial charge in [0, 0.05) is 18.8 Å². The summed E-state index contributed by atoms with van der Waals surface area (Å²) < 4.78 is 5.24. The third-order valence-corrected chi connectivity index (χ3v) is 4.95. The van der Waals surface area contributed by atoms with Crippen molar-refractivity contribution in [1.29, 1.82) is 0 Å². The van der Waals surface area contributed by atoms with Crippen LogP contribution in [0.3, 0.4) is 0 Å². The molecule has 2 aromatic rings. The Morgan fingerprint density at radius 1 is 1.32 bits per heavy atom. The normalized spacial score (nSPS) is 23.2. The van der Waals surface area contributed by atoms with E-state index in [4.69, 9.17) is 33.4 Å². The lowest BCUT2D eigenvalue weighted by Crippen LogP contribution is -2.37. The highest BCUT2D eigenvalue weighted by Gasteiger charge is 2.52. The molecule has 7 nitrogen and oxygen atoms in total. The number of aromatic nitrogens is 2. The van der Waals surface area contributed by atoms with E-state index in [9.17, 15) is 4.79 Å². The predicted octanol–water partition coefficient (Wildman–Crippen LogP) is 2.06. The smallest absolute Gasteiger partial charge is 0.319 e. The van der Waals surface area contributed by atoms with Crippen molar-refractivity contribution in [3.63, 3.8) is 0 Å². The summed E-state index contributed by atoms with van der Waals surface area (Å²) in [6, 6.07) is 3.75. The minimum Gasteiger partial charge on any atom is -0.390 e. The lowest BCUT2D eigenvalue weighted by Gasteiger charge is -2.21. The van der Waals surface area contributed by atoms with E-state index in [1.807, 2.05) is 4.90 Å². The fourth-order valence-corrected chi connectivity index (χ4v) is 3.47. The lowest BCUT2D eigenvalue weighted by molar-refractivity contribution is -0.120. The first-order valence-electron chi connectivity index (χ1n) is 6.64. The Morgan fingerprint density at radius 3 is 2.82 bits per heavy atom. The topological polar surface area (TPSA) is 97.3 Å². The van der Waals surface area contributed by atoms with E-state index in [0.717, 1.165) is 5.56 Å². The Hall–Kier alpha value is -1.99. The lowest BCUT2D eigenvalue weighted by atomic mass is 9.81. The van der Waals surface area contributed by atoms with Crippen LogP contribution in [0, 0.1) is 0 Å². The fourth-order valence-electron chi connectivity index (χ4n) is 3.14. The van der Waals surface area contributed by atoms with Crippen molar-refractivity contribution in [3.8, 4) is 0 Å². The highest BCUT2D eigenvalue weighted by molar-refractivity contribution is 6.42. The molecule has 3 heterocycles. The average molecular weight is 340 g/mol. The molecule has 4 rings (SSSR count). The van der Waals surface area contributed by atoms with Gasteiger partial charge in [-0.3, -0.25) is 4.79 Å². The second kappa shape index (κ2) is 4.50. The molecule has 1 fully saturated rings. The van der Waals surface area contributed by atoms with Gasteiger partial charge in [0.15, 0.2) is 0 Å². The number of anilines is 3. The molecule has 22 heavy (non-hydrogen) atoms. The quantitative estimate of drug-likeness (QED) is 0.825. The highest BCUT2D eigenvalue weighted by atomic mass is 35.5. The molecule has 0 aliphatic carbocycles. The number of nitrogen functional groups attached to an aromatic ring is 1. The van der Waals surface area contributed by atoms with Crippen LogP contribution in [-0.2, 0) is 10.2 Å². The Balaban J connectivity index is 1.74. The number of carbonyl (C=O) groups excluding carboxylic acids is 1. The van der Waals surface area contributed by atoms with Crippen molar-refractivity contribution < 1.29 is 9.21 Å². The van der Waals surface area contributed by atoms with Crippen LogP contribution in [-0.4, -0.2) is 29.2 Å². The third-order valence-electron chi connectivity index (χ3n) is 4.23. The largest absolute Gasteiger partial charge is 0.390 e. The van der Waals surface area contributed by atoms with Crippen molar-refractivity contribution >= 4 is 46.8 Å². The summed E-state index contributed by atoms with van der Waals surface area (Å²) in [4.78, 5) is 14.4. The molecule has 0 radical (unpaired) electrons. The summed E-state index contributed by atoms with van der Waals surface area (Å²) in [5, 5.41) is 11.2. The number of hydrogen-bond donors (Lipinski definition) is 2. The van der Waals surface area contributed by atoms with Crippen molar-refractivity contribution in [3.05, 3.63) is 27.7 Å². The van der Waals surface area contributed by atoms with Crippen LogP contribution < -0.4 is 16.0 Å². The van der Waals surface area contributed by atoms with E-state index in [-0.39, 0.29) is 11.9 Å². The fraction of sp³-hybridized carbons (Fsp3) is 0.308. The zero-order chi connectivity index (χ0) is 15.5. The number of nitrogens with zero attached hydrogens (tertiary/aromatic N) is 3. The van der Waals surface area contributed by atoms with Crippen LogP contribution in [0.25, 0.3) is 0 Å². The first-order valence-corrected chi connectivity index (χ1v) is 7.40. The molecule has 1 aromatic carbocycles. The molecule has 0 saturated carbocycles. The molecule has 3 N–H and O–H groups in total. The van der Waals surface area contributed by atoms with Crippen LogP contribution in [0.15, 0.2) is 16.5 Å². The number of halogens is 2. The predicted molar refractivity (Wildman–Crippen MR) is 82.3 cm³/mol. The number of nitrogens with two attached hydrogens (primary N) is 1. The summed E-state index contributed by atoms with van der Waals surface area (Å²) in [6.45, 7) is 1.03. The maximum atomic E-state index is 12.5. The zero-order valence-electron chi connectivity index (χ0n) is 11.3. The minimum atomic E-state index is -0.688. The van der Waals surface area contributed by atoms with E-state index >= 15 is 0 Å². The second-order valence-electron chi connectivity index (χ2n) is 5.44. The van der Waals surface area contributed by atoms with E-state index in [2.05, 4.69) is 15.5 Å². The molecule has 1 atom stereocenters. The Bertz CT molecular complexity index is 793. The number of carbonyl (C=O) groups is 1. The van der Waals surface area contributed by atoms with Gasteiger partial charge in [0.1, 0.15) is 0 Å². The molecular weight excluding hydrogens is 329 g/mol. The van der Waals surface area contributed by atoms with Gasteiger partial charge in [0.25, 0.3) is 0 Å². The number of nitrogens with one attached hydrogen (secondary N) is 1. The maximum Gasteiger partial charge on any atom is 0.319 e. The van der Waals surface area contributed by atoms with Gasteiger partial charge in [0.2, 0.25) is 5.91 Å². The van der Waals surface area contributed by atoms with Gasteiger partial charge in [-0.25, -0.2) is 0 Å². The van der Waals surface area contributed by atoms with E-state index in [1.54, 1.807) is 12.1 Å². The van der Waals surface area contributed by atoms with Gasteiger partial charge in [0.05, 0.1) is 15.5 Å². The molecule has 1 amide bonds. The Labute approximate surface area is 135 Å². The Morgan fingerprint density at radius 2 is 2.09 bits per heavy atom. The van der Waals surface area contributed by atoms with E-state index < -0.39 is 5.41 Å². The summed E-state index contributed by atoms with van der Waals surface area (Å²) in [5.41, 5.74) is 6.31. The molecule has 1 spiro atoms. The first kappa shape index (κ1) is 13.7. The minimum absolute atomic E-state index is 0.00190. The van der Waals surface area contributed by atoms with Gasteiger partial charge in [-0.15, -0.1) is 0 Å². The van der Waals surface area contributed by atoms with Gasteiger partial charge >= 0.3 is 12.0 Å². The number of rotatable bonds is 1. The number of fused-ring (bicyclic) bond motifs is 2. The first-order chi connectivity index (χ1) is 10.5. The molecule has 9 heteroatoms. The molecule has 114 valence electrons. The summed E-state index contributed by atoms with van der Waals surface area (Å²) >= 11 is 12.1. The molecule has 0 bridgehead atoms. The van der Waals surface area contributed by atoms with Crippen molar-refractivity contribution in [1.82, 2.24) is 10.2 Å². The highest BCUT2D eigenvalue weighted by Crippen LogP contribution is 2.47. The van der Waals surface area contributed by atoms with Gasteiger partial charge in [-0.1, -0.05) is 33.4 Å². The molecule has 1 saturated heterocycles. The number of amides is 1. The second-order valence-corrected chi connectivity index (χ2v) is 6.26. The number of benzene rings is 1. The summed E-state index contributed by atoms with van der Waals surface area (Å²) in [6.07, 6.45) is 0.617. The van der Waals surface area contributed by atoms with Crippen molar-refractivity contribution in [2.75, 3.05) is 29.0 Å². The van der Waals surface area contributed by atoms with Gasteiger partial charge in [-0.2, -0.15) is 0 Å². The van der Waals surface area contributed by atoms with Crippen LogP contribution in [0.4, 0.5) is 17.7 Å². The van der Waals surface area contributed by atoms with Crippen molar-refractivity contribution in [2.24, 2.45) is 0 Å². The molecule has 2 aliphatic heterocycles. The zero-order valence-corrected chi connectivity index (χ0v) is 12.8. The van der Waals surface area contributed by atoms with Crippen LogP contribution >= 0.6 is 23.2 Å². The van der Waals surface area contributed by atoms with Crippen molar-refractivity contribution in [2.45, 2.75) is 11.8 Å². The monoisotopic (exact) mass is 339 g/mol. The number of hydrogen-bond acceptors (Lipinski definition) is 6. The SMILES string of the molecule is Nc1nnc(N2CC[C@]3(C2)C(=O)Nc2cc(Cl)c(Cl)cc23)o1. The maximum absolute atomic E-state index is 12.5. The van der Waals surface area contributed by atoms with Crippen LogP contribution in [0.5, 0.6) is 0 Å². The van der Waals surface area contributed by atoms with Gasteiger partial charge < -0.3 is 20.4 Å². The average Bonchev–Trinajstić information content (AvgIpc) is 3.14. The summed E-state index contributed by atoms with van der Waals surface area (Å²) in [7, 11) is 0. The van der Waals surface area contributed by atoms with E-state index in [1.165, 1.54) is 0 Å². The molecule has 2 aliphatic rings. The van der Waals surface area contributed by atoms with E-state index in [0.29, 0.717) is 41.3 Å². The molecular formula is C13H11Cl2N5O2. The van der Waals surface area contributed by atoms with Crippen LogP contribution in [0.1, 0.15) is 12.0 Å². The Kier molecular flexibility index (Phi) is 2.79. The van der Waals surface area contributed by atoms with Gasteiger partial charge in [-0.05, 0) is 24.1 Å². The molecule has 0 unspecified atom stereocenters. The summed E-state index contributed by atoms with van der Waals surface area (Å²) in [5.74, 6) is -0.0733.